The van der Waals surface area contributed by atoms with Gasteiger partial charge in [-0.2, -0.15) is 0 Å². The SMILES string of the molecule is CCc1ccccc1OCNC(=O)NCc1cccc(C)c1. The van der Waals surface area contributed by atoms with Gasteiger partial charge in [0.2, 0.25) is 0 Å². The van der Waals surface area contributed by atoms with E-state index in [1.54, 1.807) is 0 Å². The van der Waals surface area contributed by atoms with Crippen LogP contribution in [0.4, 0.5) is 4.79 Å². The molecule has 0 aromatic heterocycles. The van der Waals surface area contributed by atoms with E-state index in [4.69, 9.17) is 4.74 Å². The second kappa shape index (κ2) is 8.08. The average Bonchev–Trinajstić information content (AvgIpc) is 2.53. The van der Waals surface area contributed by atoms with Gasteiger partial charge in [-0.3, -0.25) is 0 Å². The van der Waals surface area contributed by atoms with Crippen molar-refractivity contribution in [2.24, 2.45) is 0 Å². The summed E-state index contributed by atoms with van der Waals surface area (Å²) in [5.74, 6) is 0.809. The van der Waals surface area contributed by atoms with E-state index in [0.29, 0.717) is 6.54 Å². The third kappa shape index (κ3) is 4.81. The van der Waals surface area contributed by atoms with Crippen molar-refractivity contribution in [1.82, 2.24) is 10.6 Å². The summed E-state index contributed by atoms with van der Waals surface area (Å²) in [6.07, 6.45) is 0.899. The highest BCUT2D eigenvalue weighted by Gasteiger charge is 2.03. The number of benzene rings is 2. The molecule has 2 amide bonds. The number of hydrogen-bond donors (Lipinski definition) is 2. The lowest BCUT2D eigenvalue weighted by atomic mass is 10.1. The first kappa shape index (κ1) is 15.9. The normalized spacial score (nSPS) is 10.1. The lowest BCUT2D eigenvalue weighted by Gasteiger charge is -2.12. The number of nitrogens with one attached hydrogen (secondary N) is 2. The molecule has 2 aromatic carbocycles. The second-order valence-corrected chi connectivity index (χ2v) is 5.10. The van der Waals surface area contributed by atoms with Crippen LogP contribution in [0.3, 0.4) is 0 Å². The summed E-state index contributed by atoms with van der Waals surface area (Å²) in [5.41, 5.74) is 3.39. The van der Waals surface area contributed by atoms with Crippen molar-refractivity contribution in [3.8, 4) is 5.75 Å². The highest BCUT2D eigenvalue weighted by atomic mass is 16.5. The van der Waals surface area contributed by atoms with Crippen molar-refractivity contribution in [2.75, 3.05) is 6.73 Å². The molecule has 2 aromatic rings. The van der Waals surface area contributed by atoms with Crippen LogP contribution in [0.25, 0.3) is 0 Å². The van der Waals surface area contributed by atoms with Crippen molar-refractivity contribution in [2.45, 2.75) is 26.8 Å². The highest BCUT2D eigenvalue weighted by Crippen LogP contribution is 2.17. The molecule has 0 unspecified atom stereocenters. The molecule has 22 heavy (non-hydrogen) atoms. The van der Waals surface area contributed by atoms with Crippen molar-refractivity contribution < 1.29 is 9.53 Å². The Bertz CT molecular complexity index is 626. The van der Waals surface area contributed by atoms with Crippen molar-refractivity contribution in [3.63, 3.8) is 0 Å². The highest BCUT2D eigenvalue weighted by molar-refractivity contribution is 5.73. The van der Waals surface area contributed by atoms with Crippen LogP contribution in [0, 0.1) is 6.92 Å². The first-order valence-electron chi connectivity index (χ1n) is 7.47. The molecule has 4 heteroatoms. The fraction of sp³-hybridized carbons (Fsp3) is 0.278. The van der Waals surface area contributed by atoms with E-state index < -0.39 is 0 Å². The fourth-order valence-electron chi connectivity index (χ4n) is 2.18. The summed E-state index contributed by atoms with van der Waals surface area (Å²) in [4.78, 5) is 11.7. The number of ether oxygens (including phenoxy) is 1. The predicted octanol–water partition coefficient (Wildman–Crippen LogP) is 3.39. The summed E-state index contributed by atoms with van der Waals surface area (Å²) >= 11 is 0. The maximum atomic E-state index is 11.7. The molecule has 0 spiro atoms. The van der Waals surface area contributed by atoms with E-state index in [2.05, 4.69) is 17.6 Å². The van der Waals surface area contributed by atoms with Gasteiger partial charge in [0.15, 0.2) is 6.73 Å². The van der Waals surface area contributed by atoms with Crippen LogP contribution in [0.5, 0.6) is 5.75 Å². The molecule has 0 aliphatic carbocycles. The van der Waals surface area contributed by atoms with Gasteiger partial charge in [-0.05, 0) is 30.5 Å². The van der Waals surface area contributed by atoms with Crippen LogP contribution in [-0.4, -0.2) is 12.8 Å². The van der Waals surface area contributed by atoms with E-state index in [0.717, 1.165) is 23.3 Å². The third-order valence-electron chi connectivity index (χ3n) is 3.35. The van der Waals surface area contributed by atoms with E-state index in [1.165, 1.54) is 5.56 Å². The van der Waals surface area contributed by atoms with Crippen LogP contribution < -0.4 is 15.4 Å². The zero-order valence-electron chi connectivity index (χ0n) is 13.1. The largest absolute Gasteiger partial charge is 0.473 e. The number of amides is 2. The first-order valence-corrected chi connectivity index (χ1v) is 7.47. The Hall–Kier alpha value is -2.49. The van der Waals surface area contributed by atoms with Crippen molar-refractivity contribution >= 4 is 6.03 Å². The van der Waals surface area contributed by atoms with Gasteiger partial charge in [0.1, 0.15) is 5.75 Å². The minimum atomic E-state index is -0.240. The molecule has 116 valence electrons. The molecule has 0 radical (unpaired) electrons. The van der Waals surface area contributed by atoms with Crippen molar-refractivity contribution in [3.05, 3.63) is 65.2 Å². The van der Waals surface area contributed by atoms with Gasteiger partial charge in [0.05, 0.1) is 0 Å². The second-order valence-electron chi connectivity index (χ2n) is 5.10. The molecule has 4 nitrogen and oxygen atoms in total. The molecule has 0 atom stereocenters. The predicted molar refractivity (Wildman–Crippen MR) is 87.9 cm³/mol. The molecule has 0 saturated heterocycles. The van der Waals surface area contributed by atoms with Crippen LogP contribution in [-0.2, 0) is 13.0 Å². The Morgan fingerprint density at radius 2 is 1.91 bits per heavy atom. The van der Waals surface area contributed by atoms with E-state index >= 15 is 0 Å². The van der Waals surface area contributed by atoms with Crippen LogP contribution in [0.1, 0.15) is 23.6 Å². The van der Waals surface area contributed by atoms with E-state index in [1.807, 2.05) is 55.5 Å². The summed E-state index contributed by atoms with van der Waals surface area (Å²) in [5, 5.41) is 5.51. The monoisotopic (exact) mass is 298 g/mol. The van der Waals surface area contributed by atoms with Gasteiger partial charge >= 0.3 is 6.03 Å². The molecule has 0 aliphatic heterocycles. The Kier molecular flexibility index (Phi) is 5.83. The van der Waals surface area contributed by atoms with Crippen LogP contribution in [0.2, 0.25) is 0 Å². The van der Waals surface area contributed by atoms with Crippen LogP contribution in [0.15, 0.2) is 48.5 Å². The molecule has 0 aliphatic rings. The molecular formula is C18H22N2O2. The zero-order valence-corrected chi connectivity index (χ0v) is 13.1. The Morgan fingerprint density at radius 1 is 1.09 bits per heavy atom. The third-order valence-corrected chi connectivity index (χ3v) is 3.35. The standard InChI is InChI=1S/C18H22N2O2/c1-3-16-9-4-5-10-17(16)22-13-20-18(21)19-12-15-8-6-7-14(2)11-15/h4-11H,3,12-13H2,1-2H3,(H2,19,20,21). The molecule has 0 bridgehead atoms. The number of aryl methyl sites for hydroxylation is 2. The summed E-state index contributed by atoms with van der Waals surface area (Å²) in [6, 6.07) is 15.6. The number of urea groups is 1. The summed E-state index contributed by atoms with van der Waals surface area (Å²) < 4.78 is 5.60. The first-order chi connectivity index (χ1) is 10.7. The Labute approximate surface area is 131 Å². The van der Waals surface area contributed by atoms with Gasteiger partial charge in [-0.15, -0.1) is 0 Å². The molecular weight excluding hydrogens is 276 g/mol. The summed E-state index contributed by atoms with van der Waals surface area (Å²) in [7, 11) is 0. The van der Waals surface area contributed by atoms with Gasteiger partial charge in [0, 0.05) is 6.54 Å². The fourth-order valence-corrected chi connectivity index (χ4v) is 2.18. The minimum Gasteiger partial charge on any atom is -0.473 e. The molecule has 0 heterocycles. The van der Waals surface area contributed by atoms with Gasteiger partial charge in [-0.1, -0.05) is 55.0 Å². The minimum absolute atomic E-state index is 0.149. The topological polar surface area (TPSA) is 50.4 Å². The van der Waals surface area contributed by atoms with Gasteiger partial charge < -0.3 is 15.4 Å². The zero-order chi connectivity index (χ0) is 15.8. The van der Waals surface area contributed by atoms with E-state index in [-0.39, 0.29) is 12.8 Å². The molecule has 2 rings (SSSR count). The van der Waals surface area contributed by atoms with Crippen molar-refractivity contribution in [1.29, 1.82) is 0 Å². The lowest BCUT2D eigenvalue weighted by Crippen LogP contribution is -2.37. The average molecular weight is 298 g/mol. The maximum Gasteiger partial charge on any atom is 0.317 e. The number of rotatable bonds is 6. The smallest absolute Gasteiger partial charge is 0.317 e. The number of hydrogen-bond acceptors (Lipinski definition) is 2. The van der Waals surface area contributed by atoms with Crippen LogP contribution >= 0.6 is 0 Å². The Balaban J connectivity index is 1.74. The lowest BCUT2D eigenvalue weighted by molar-refractivity contribution is 0.223. The molecule has 0 fully saturated rings. The van der Waals surface area contributed by atoms with E-state index in [9.17, 15) is 4.79 Å². The summed E-state index contributed by atoms with van der Waals surface area (Å²) in [6.45, 7) is 4.75. The van der Waals surface area contributed by atoms with Gasteiger partial charge in [0.25, 0.3) is 0 Å². The maximum absolute atomic E-state index is 11.7. The molecule has 2 N–H and O–H groups in total. The van der Waals surface area contributed by atoms with Gasteiger partial charge in [-0.25, -0.2) is 4.79 Å². The number of para-hydroxylation sites is 1. The quantitative estimate of drug-likeness (QED) is 0.803. The number of carbonyl (C=O) groups excluding carboxylic acids is 1. The Morgan fingerprint density at radius 3 is 2.68 bits per heavy atom. The number of carbonyl (C=O) groups is 1. The molecule has 0 saturated carbocycles.